The molecular formula is C19H23N. The van der Waals surface area contributed by atoms with Crippen molar-refractivity contribution in [3.63, 3.8) is 0 Å². The van der Waals surface area contributed by atoms with Crippen LogP contribution < -0.4 is 5.32 Å². The van der Waals surface area contributed by atoms with Gasteiger partial charge in [-0.3, -0.25) is 0 Å². The van der Waals surface area contributed by atoms with Gasteiger partial charge in [0, 0.05) is 0 Å². The van der Waals surface area contributed by atoms with Crippen molar-refractivity contribution in [2.45, 2.75) is 25.8 Å². The Morgan fingerprint density at radius 2 is 1.60 bits per heavy atom. The van der Waals surface area contributed by atoms with Crippen LogP contribution in [0.2, 0.25) is 0 Å². The third-order valence-corrected chi connectivity index (χ3v) is 3.33. The summed E-state index contributed by atoms with van der Waals surface area (Å²) < 4.78 is 0. The van der Waals surface area contributed by atoms with E-state index in [1.165, 1.54) is 24.0 Å². The summed E-state index contributed by atoms with van der Waals surface area (Å²) in [5.41, 5.74) is 2.56. The van der Waals surface area contributed by atoms with Crippen LogP contribution in [-0.2, 0) is 0 Å². The zero-order valence-corrected chi connectivity index (χ0v) is 12.1. The van der Waals surface area contributed by atoms with E-state index >= 15 is 0 Å². The predicted octanol–water partition coefficient (Wildman–Crippen LogP) is 4.83. The highest BCUT2D eigenvalue weighted by atomic mass is 14.9. The number of hydrogen-bond acceptors (Lipinski definition) is 1. The van der Waals surface area contributed by atoms with Crippen LogP contribution in [0.3, 0.4) is 0 Å². The van der Waals surface area contributed by atoms with Gasteiger partial charge in [-0.2, -0.15) is 0 Å². The standard InChI is InChI=1S/C19H23N/c1-2-3-16-20-19(18-12-8-5-9-13-18)15-14-17-10-6-4-7-11-17/h4-15,19-20H,2-3,16H2,1H3/b15-14+/t19-/m0/s1. The van der Waals surface area contributed by atoms with Crippen molar-refractivity contribution in [1.82, 2.24) is 5.32 Å². The van der Waals surface area contributed by atoms with Gasteiger partial charge in [0.25, 0.3) is 0 Å². The molecule has 0 spiro atoms. The Labute approximate surface area is 122 Å². The monoisotopic (exact) mass is 265 g/mol. The van der Waals surface area contributed by atoms with Gasteiger partial charge in [0.1, 0.15) is 0 Å². The van der Waals surface area contributed by atoms with Crippen molar-refractivity contribution < 1.29 is 0 Å². The molecule has 104 valence electrons. The van der Waals surface area contributed by atoms with Gasteiger partial charge in [-0.15, -0.1) is 0 Å². The summed E-state index contributed by atoms with van der Waals surface area (Å²) in [6.45, 7) is 3.27. The predicted molar refractivity (Wildman–Crippen MR) is 87.6 cm³/mol. The van der Waals surface area contributed by atoms with Crippen LogP contribution in [0.25, 0.3) is 6.08 Å². The van der Waals surface area contributed by atoms with Crippen molar-refractivity contribution in [3.05, 3.63) is 77.9 Å². The van der Waals surface area contributed by atoms with Crippen LogP contribution in [-0.4, -0.2) is 6.54 Å². The molecule has 0 aliphatic heterocycles. The van der Waals surface area contributed by atoms with E-state index in [-0.39, 0.29) is 6.04 Å². The SMILES string of the molecule is CCCCN[C@@H](/C=C/c1ccccc1)c1ccccc1. The van der Waals surface area contributed by atoms with E-state index in [9.17, 15) is 0 Å². The molecule has 1 heteroatoms. The maximum atomic E-state index is 3.62. The molecule has 0 unspecified atom stereocenters. The Hall–Kier alpha value is -1.86. The van der Waals surface area contributed by atoms with Crippen molar-refractivity contribution >= 4 is 6.08 Å². The minimum atomic E-state index is 0.281. The van der Waals surface area contributed by atoms with Gasteiger partial charge in [0.15, 0.2) is 0 Å². The summed E-state index contributed by atoms with van der Waals surface area (Å²) in [7, 11) is 0. The van der Waals surface area contributed by atoms with Gasteiger partial charge in [0.05, 0.1) is 6.04 Å². The molecule has 2 aromatic carbocycles. The summed E-state index contributed by atoms with van der Waals surface area (Å²) >= 11 is 0. The fraction of sp³-hybridized carbons (Fsp3) is 0.263. The summed E-state index contributed by atoms with van der Waals surface area (Å²) in [5.74, 6) is 0. The van der Waals surface area contributed by atoms with Crippen molar-refractivity contribution in [2.75, 3.05) is 6.54 Å². The molecule has 0 aliphatic carbocycles. The van der Waals surface area contributed by atoms with E-state index < -0.39 is 0 Å². The van der Waals surface area contributed by atoms with Crippen molar-refractivity contribution in [2.24, 2.45) is 0 Å². The zero-order valence-electron chi connectivity index (χ0n) is 12.1. The first-order valence-corrected chi connectivity index (χ1v) is 7.41. The lowest BCUT2D eigenvalue weighted by atomic mass is 10.0. The average Bonchev–Trinajstić information content (AvgIpc) is 2.52. The topological polar surface area (TPSA) is 12.0 Å². The van der Waals surface area contributed by atoms with Gasteiger partial charge in [-0.05, 0) is 24.1 Å². The molecular weight excluding hydrogens is 242 g/mol. The van der Waals surface area contributed by atoms with Crippen molar-refractivity contribution in [3.8, 4) is 0 Å². The largest absolute Gasteiger partial charge is 0.307 e. The molecule has 0 bridgehead atoms. The average molecular weight is 265 g/mol. The quantitative estimate of drug-likeness (QED) is 0.707. The van der Waals surface area contributed by atoms with Gasteiger partial charge in [0.2, 0.25) is 0 Å². The van der Waals surface area contributed by atoms with E-state index in [0.717, 1.165) is 6.54 Å². The normalized spacial score (nSPS) is 12.7. The van der Waals surface area contributed by atoms with Crippen molar-refractivity contribution in [1.29, 1.82) is 0 Å². The molecule has 0 saturated heterocycles. The maximum Gasteiger partial charge on any atom is 0.0509 e. The van der Waals surface area contributed by atoms with Gasteiger partial charge in [-0.1, -0.05) is 86.2 Å². The smallest absolute Gasteiger partial charge is 0.0509 e. The Morgan fingerprint density at radius 1 is 0.950 bits per heavy atom. The number of unbranched alkanes of at least 4 members (excludes halogenated alkanes) is 1. The summed E-state index contributed by atoms with van der Waals surface area (Å²) in [6.07, 6.45) is 6.87. The second-order valence-electron chi connectivity index (χ2n) is 4.97. The molecule has 20 heavy (non-hydrogen) atoms. The molecule has 0 saturated carbocycles. The third-order valence-electron chi connectivity index (χ3n) is 3.33. The van der Waals surface area contributed by atoms with E-state index in [2.05, 4.69) is 79.0 Å². The summed E-state index contributed by atoms with van der Waals surface area (Å²) in [4.78, 5) is 0. The number of benzene rings is 2. The fourth-order valence-electron chi connectivity index (χ4n) is 2.16. The molecule has 0 aromatic heterocycles. The lowest BCUT2D eigenvalue weighted by Crippen LogP contribution is -2.20. The Balaban J connectivity index is 2.08. The van der Waals surface area contributed by atoms with E-state index in [1.54, 1.807) is 0 Å². The molecule has 2 rings (SSSR count). The highest BCUT2D eigenvalue weighted by Crippen LogP contribution is 2.16. The lowest BCUT2D eigenvalue weighted by Gasteiger charge is -2.15. The molecule has 0 radical (unpaired) electrons. The minimum absolute atomic E-state index is 0.281. The van der Waals surface area contributed by atoms with Crippen LogP contribution in [0.15, 0.2) is 66.7 Å². The molecule has 0 fully saturated rings. The fourth-order valence-corrected chi connectivity index (χ4v) is 2.16. The number of hydrogen-bond donors (Lipinski definition) is 1. The third kappa shape index (κ3) is 4.67. The van der Waals surface area contributed by atoms with Gasteiger partial charge < -0.3 is 5.32 Å². The molecule has 1 nitrogen and oxygen atoms in total. The molecule has 0 amide bonds. The minimum Gasteiger partial charge on any atom is -0.307 e. The van der Waals surface area contributed by atoms with Crippen LogP contribution in [0.4, 0.5) is 0 Å². The first kappa shape index (κ1) is 14.5. The second kappa shape index (κ2) is 8.34. The molecule has 2 aromatic rings. The van der Waals surface area contributed by atoms with Crippen LogP contribution in [0, 0.1) is 0 Å². The van der Waals surface area contributed by atoms with E-state index in [0.29, 0.717) is 0 Å². The molecule has 0 heterocycles. The Morgan fingerprint density at radius 3 is 2.25 bits per heavy atom. The van der Waals surface area contributed by atoms with E-state index in [1.807, 2.05) is 6.07 Å². The summed E-state index contributed by atoms with van der Waals surface area (Å²) in [5, 5.41) is 3.62. The summed E-state index contributed by atoms with van der Waals surface area (Å²) in [6, 6.07) is 21.3. The second-order valence-corrected chi connectivity index (χ2v) is 4.97. The van der Waals surface area contributed by atoms with Crippen LogP contribution in [0.1, 0.15) is 36.9 Å². The lowest BCUT2D eigenvalue weighted by molar-refractivity contribution is 0.592. The highest BCUT2D eigenvalue weighted by Gasteiger charge is 2.05. The van der Waals surface area contributed by atoms with Crippen LogP contribution in [0.5, 0.6) is 0 Å². The first-order valence-electron chi connectivity index (χ1n) is 7.41. The number of rotatable bonds is 7. The first-order chi connectivity index (χ1) is 9.90. The van der Waals surface area contributed by atoms with E-state index in [4.69, 9.17) is 0 Å². The van der Waals surface area contributed by atoms with Gasteiger partial charge in [-0.25, -0.2) is 0 Å². The zero-order chi connectivity index (χ0) is 14.0. The molecule has 0 aliphatic rings. The highest BCUT2D eigenvalue weighted by molar-refractivity contribution is 5.50. The molecule has 1 N–H and O–H groups in total. The van der Waals surface area contributed by atoms with Crippen LogP contribution >= 0.6 is 0 Å². The Kier molecular flexibility index (Phi) is 6.07. The van der Waals surface area contributed by atoms with Gasteiger partial charge >= 0.3 is 0 Å². The maximum absolute atomic E-state index is 3.62. The molecule has 1 atom stereocenters. The Bertz CT molecular complexity index is 502. The number of nitrogens with one attached hydrogen (secondary N) is 1.